The molecule has 0 saturated heterocycles. The van der Waals surface area contributed by atoms with Crippen LogP contribution in [-0.4, -0.2) is 25.2 Å². The maximum atomic E-state index is 11.2. The number of benzene rings is 1. The summed E-state index contributed by atoms with van der Waals surface area (Å²) in [6.45, 7) is 4.17. The molecule has 0 spiro atoms. The van der Waals surface area contributed by atoms with E-state index in [9.17, 15) is 13.2 Å². The molecule has 0 aromatic heterocycles. The Bertz CT molecular complexity index is 567. The van der Waals surface area contributed by atoms with Crippen molar-refractivity contribution in [3.8, 4) is 0 Å². The number of hydrogen-bond acceptors (Lipinski definition) is 4. The summed E-state index contributed by atoms with van der Waals surface area (Å²) in [4.78, 5) is 11.5. The number of hydrogen-bond donors (Lipinski definition) is 2. The van der Waals surface area contributed by atoms with Crippen molar-refractivity contribution < 1.29 is 18.3 Å². The number of rotatable bonds is 6. The van der Waals surface area contributed by atoms with E-state index in [4.69, 9.17) is 10.2 Å². The number of carbonyl (C=O) groups is 1. The van der Waals surface area contributed by atoms with Crippen LogP contribution < -0.4 is 5.14 Å². The van der Waals surface area contributed by atoms with E-state index >= 15 is 0 Å². The molecule has 1 aromatic carbocycles. The minimum Gasteiger partial charge on any atom is -0.478 e. The van der Waals surface area contributed by atoms with Gasteiger partial charge in [0.2, 0.25) is 10.0 Å². The largest absolute Gasteiger partial charge is 0.478 e. The zero-order valence-electron chi connectivity index (χ0n) is 10.8. The average molecular weight is 303 g/mol. The van der Waals surface area contributed by atoms with Crippen LogP contribution in [0.1, 0.15) is 30.6 Å². The summed E-state index contributed by atoms with van der Waals surface area (Å²) in [5.41, 5.74) is -0.0275. The molecule has 106 valence electrons. The fraction of sp³-hybridized carbons (Fsp3) is 0.417. The van der Waals surface area contributed by atoms with Gasteiger partial charge in [0, 0.05) is 4.90 Å². The lowest BCUT2D eigenvalue weighted by Crippen LogP contribution is -2.13. The minimum atomic E-state index is -3.88. The summed E-state index contributed by atoms with van der Waals surface area (Å²) in [6, 6.07) is 3.93. The number of carboxylic acid groups (broad SMARTS) is 1. The van der Waals surface area contributed by atoms with Gasteiger partial charge in [0.25, 0.3) is 0 Å². The molecular weight excluding hydrogens is 286 g/mol. The molecule has 0 unspecified atom stereocenters. The lowest BCUT2D eigenvalue weighted by Gasteiger charge is -2.08. The number of primary sulfonamides is 1. The van der Waals surface area contributed by atoms with E-state index in [1.807, 2.05) is 0 Å². The monoisotopic (exact) mass is 303 g/mol. The number of thioether (sulfide) groups is 1. The first-order valence-corrected chi connectivity index (χ1v) is 8.28. The van der Waals surface area contributed by atoms with E-state index in [0.717, 1.165) is 18.2 Å². The van der Waals surface area contributed by atoms with Crippen LogP contribution in [-0.2, 0) is 10.0 Å². The molecule has 0 aliphatic heterocycles. The van der Waals surface area contributed by atoms with Gasteiger partial charge in [0.1, 0.15) is 0 Å². The molecule has 7 heteroatoms. The second-order valence-electron chi connectivity index (χ2n) is 4.54. The molecule has 19 heavy (non-hydrogen) atoms. The van der Waals surface area contributed by atoms with Gasteiger partial charge in [-0.1, -0.05) is 13.8 Å². The van der Waals surface area contributed by atoms with E-state index < -0.39 is 16.0 Å². The fourth-order valence-corrected chi connectivity index (χ4v) is 3.20. The van der Waals surface area contributed by atoms with Crippen molar-refractivity contribution in [2.75, 3.05) is 5.75 Å². The first kappa shape index (κ1) is 16.0. The Morgan fingerprint density at radius 3 is 2.53 bits per heavy atom. The van der Waals surface area contributed by atoms with Gasteiger partial charge in [0.15, 0.2) is 0 Å². The molecule has 0 saturated carbocycles. The quantitative estimate of drug-likeness (QED) is 0.785. The third-order valence-electron chi connectivity index (χ3n) is 2.46. The fourth-order valence-electron chi connectivity index (χ4n) is 1.38. The Morgan fingerprint density at radius 2 is 2.05 bits per heavy atom. The molecule has 0 atom stereocenters. The highest BCUT2D eigenvalue weighted by atomic mass is 32.2. The number of sulfonamides is 1. The van der Waals surface area contributed by atoms with Crippen molar-refractivity contribution in [2.45, 2.75) is 30.1 Å². The van der Waals surface area contributed by atoms with Crippen molar-refractivity contribution in [2.24, 2.45) is 11.1 Å². The summed E-state index contributed by atoms with van der Waals surface area (Å²) in [5.74, 6) is 0.161. The van der Waals surface area contributed by atoms with Gasteiger partial charge in [-0.15, -0.1) is 11.8 Å². The van der Waals surface area contributed by atoms with Crippen LogP contribution in [0.3, 0.4) is 0 Å². The average Bonchev–Trinajstić information content (AvgIpc) is 2.27. The Balaban J connectivity index is 3.02. The van der Waals surface area contributed by atoms with Crippen LogP contribution >= 0.6 is 11.8 Å². The van der Waals surface area contributed by atoms with E-state index in [1.54, 1.807) is 0 Å². The molecule has 0 aliphatic carbocycles. The highest BCUT2D eigenvalue weighted by Crippen LogP contribution is 2.26. The number of aromatic carboxylic acids is 1. The van der Waals surface area contributed by atoms with Gasteiger partial charge in [0.05, 0.1) is 10.5 Å². The van der Waals surface area contributed by atoms with Crippen LogP contribution in [0.4, 0.5) is 0 Å². The molecule has 1 aromatic rings. The second-order valence-corrected chi connectivity index (χ2v) is 7.24. The maximum absolute atomic E-state index is 11.2. The minimum absolute atomic E-state index is 0.0275. The van der Waals surface area contributed by atoms with Crippen LogP contribution in [0, 0.1) is 5.92 Å². The summed E-state index contributed by atoms with van der Waals surface area (Å²) in [6.07, 6.45) is 0.959. The van der Waals surface area contributed by atoms with E-state index in [1.165, 1.54) is 23.9 Å². The molecule has 0 fully saturated rings. The second kappa shape index (κ2) is 6.40. The molecule has 5 nitrogen and oxygen atoms in total. The molecule has 0 bridgehead atoms. The lowest BCUT2D eigenvalue weighted by atomic mass is 10.2. The smallest absolute Gasteiger partial charge is 0.336 e. The molecule has 0 heterocycles. The first-order valence-electron chi connectivity index (χ1n) is 5.74. The van der Waals surface area contributed by atoms with Gasteiger partial charge in [-0.05, 0) is 36.3 Å². The van der Waals surface area contributed by atoms with Crippen LogP contribution in [0.2, 0.25) is 0 Å². The highest BCUT2D eigenvalue weighted by Gasteiger charge is 2.16. The van der Waals surface area contributed by atoms with Gasteiger partial charge in [-0.2, -0.15) is 0 Å². The van der Waals surface area contributed by atoms with Crippen molar-refractivity contribution in [1.82, 2.24) is 0 Å². The Labute approximate surface area is 117 Å². The Hall–Kier alpha value is -1.05. The van der Waals surface area contributed by atoms with Crippen LogP contribution in [0.5, 0.6) is 0 Å². The van der Waals surface area contributed by atoms with Crippen molar-refractivity contribution in [1.29, 1.82) is 0 Å². The Kier molecular flexibility index (Phi) is 5.39. The standard InChI is InChI=1S/C12H17NO4S2/c1-8(2)5-6-18-11-4-3-9(19(13,16)17)7-10(11)12(14)15/h3-4,7-8H,5-6H2,1-2H3,(H,14,15)(H2,13,16,17). The SMILES string of the molecule is CC(C)CCSc1ccc(S(N)(=O)=O)cc1C(=O)O. The van der Waals surface area contributed by atoms with Gasteiger partial charge < -0.3 is 5.11 Å². The molecule has 0 amide bonds. The maximum Gasteiger partial charge on any atom is 0.336 e. The molecule has 0 radical (unpaired) electrons. The van der Waals surface area contributed by atoms with Crippen molar-refractivity contribution in [3.63, 3.8) is 0 Å². The van der Waals surface area contributed by atoms with E-state index in [-0.39, 0.29) is 10.5 Å². The van der Waals surface area contributed by atoms with Gasteiger partial charge in [-0.3, -0.25) is 0 Å². The predicted octanol–water partition coefficient (Wildman–Crippen LogP) is 2.17. The van der Waals surface area contributed by atoms with Crippen LogP contribution in [0.15, 0.2) is 28.0 Å². The number of carboxylic acids is 1. The molecule has 3 N–H and O–H groups in total. The summed E-state index contributed by atoms with van der Waals surface area (Å²) < 4.78 is 22.4. The van der Waals surface area contributed by atoms with Crippen molar-refractivity contribution >= 4 is 27.8 Å². The topological polar surface area (TPSA) is 97.5 Å². The van der Waals surface area contributed by atoms with Crippen LogP contribution in [0.25, 0.3) is 0 Å². The Morgan fingerprint density at radius 1 is 1.42 bits per heavy atom. The highest BCUT2D eigenvalue weighted by molar-refractivity contribution is 7.99. The third-order valence-corrected chi connectivity index (χ3v) is 4.48. The normalized spacial score (nSPS) is 11.8. The lowest BCUT2D eigenvalue weighted by molar-refractivity contribution is 0.0693. The first-order chi connectivity index (χ1) is 8.71. The van der Waals surface area contributed by atoms with Gasteiger partial charge >= 0.3 is 5.97 Å². The third kappa shape index (κ3) is 4.85. The molecule has 0 aliphatic rings. The van der Waals surface area contributed by atoms with E-state index in [0.29, 0.717) is 10.8 Å². The summed E-state index contributed by atoms with van der Waals surface area (Å²) >= 11 is 1.41. The molecular formula is C12H17NO4S2. The van der Waals surface area contributed by atoms with Crippen molar-refractivity contribution in [3.05, 3.63) is 23.8 Å². The molecule has 1 rings (SSSR count). The van der Waals surface area contributed by atoms with Gasteiger partial charge in [-0.25, -0.2) is 18.4 Å². The number of nitrogens with two attached hydrogens (primary N) is 1. The zero-order valence-corrected chi connectivity index (χ0v) is 12.4. The summed E-state index contributed by atoms with van der Waals surface area (Å²) in [5, 5.41) is 14.1. The predicted molar refractivity (Wildman–Crippen MR) is 75.0 cm³/mol. The van der Waals surface area contributed by atoms with E-state index in [2.05, 4.69) is 13.8 Å². The summed E-state index contributed by atoms with van der Waals surface area (Å²) in [7, 11) is -3.88. The zero-order chi connectivity index (χ0) is 14.6.